The smallest absolute Gasteiger partial charge is 0.0951 e. The fraction of sp³-hybridized carbons (Fsp3) is 0.727. The van der Waals surface area contributed by atoms with Crippen LogP contribution in [0, 0.1) is 19.8 Å². The second-order valence-corrected chi connectivity index (χ2v) is 4.46. The first-order valence-electron chi connectivity index (χ1n) is 5.24. The maximum absolute atomic E-state index is 4.29. The molecule has 0 aliphatic carbocycles. The van der Waals surface area contributed by atoms with E-state index in [-0.39, 0.29) is 0 Å². The van der Waals surface area contributed by atoms with Gasteiger partial charge in [0.2, 0.25) is 0 Å². The summed E-state index contributed by atoms with van der Waals surface area (Å²) in [6, 6.07) is 0. The summed E-state index contributed by atoms with van der Waals surface area (Å²) < 4.78 is 2.24. The average Bonchev–Trinajstić information content (AvgIpc) is 2.46. The molecule has 0 bridgehead atoms. The van der Waals surface area contributed by atoms with Crippen molar-refractivity contribution in [3.63, 3.8) is 0 Å². The lowest BCUT2D eigenvalue weighted by Crippen LogP contribution is -2.05. The third-order valence-electron chi connectivity index (χ3n) is 2.83. The number of aryl methyl sites for hydroxylation is 2. The van der Waals surface area contributed by atoms with E-state index in [0.29, 0.717) is 0 Å². The van der Waals surface area contributed by atoms with Gasteiger partial charge in [-0.1, -0.05) is 6.92 Å². The number of hydrogen-bond donors (Lipinski definition) is 1. The molecule has 3 heteroatoms. The quantitative estimate of drug-likeness (QED) is 0.743. The zero-order chi connectivity index (χ0) is 10.6. The standard InChI is InChI=1S/C11H20N2S/c1-9(5-7-14)4-6-13-8-12-10(2)11(13)3/h8-9,14H,4-7H2,1-3H3. The summed E-state index contributed by atoms with van der Waals surface area (Å²) in [4.78, 5) is 4.29. The maximum Gasteiger partial charge on any atom is 0.0951 e. The largest absolute Gasteiger partial charge is 0.335 e. The van der Waals surface area contributed by atoms with Crippen LogP contribution in [0.25, 0.3) is 0 Å². The molecule has 1 aromatic rings. The lowest BCUT2D eigenvalue weighted by Gasteiger charge is -2.11. The highest BCUT2D eigenvalue weighted by Gasteiger charge is 2.04. The Labute approximate surface area is 92.1 Å². The van der Waals surface area contributed by atoms with Crippen molar-refractivity contribution in [3.8, 4) is 0 Å². The molecule has 0 saturated carbocycles. The van der Waals surface area contributed by atoms with Crippen molar-refractivity contribution in [3.05, 3.63) is 17.7 Å². The Balaban J connectivity index is 2.41. The number of nitrogens with zero attached hydrogens (tertiary/aromatic N) is 2. The summed E-state index contributed by atoms with van der Waals surface area (Å²) in [6.07, 6.45) is 4.37. The number of thiol groups is 1. The van der Waals surface area contributed by atoms with Gasteiger partial charge in [0.1, 0.15) is 0 Å². The Morgan fingerprint density at radius 1 is 1.43 bits per heavy atom. The number of hydrogen-bond acceptors (Lipinski definition) is 2. The molecular formula is C11H20N2S. The molecule has 1 heterocycles. The summed E-state index contributed by atoms with van der Waals surface area (Å²) in [7, 11) is 0. The third kappa shape index (κ3) is 3.05. The minimum Gasteiger partial charge on any atom is -0.335 e. The highest BCUT2D eigenvalue weighted by Crippen LogP contribution is 2.12. The van der Waals surface area contributed by atoms with Gasteiger partial charge in [0, 0.05) is 12.2 Å². The Kier molecular flexibility index (Phi) is 4.52. The molecule has 0 aliphatic rings. The molecule has 0 aromatic carbocycles. The molecule has 1 aromatic heterocycles. The van der Waals surface area contributed by atoms with Gasteiger partial charge in [0.15, 0.2) is 0 Å². The van der Waals surface area contributed by atoms with Crippen LogP contribution in [-0.4, -0.2) is 15.3 Å². The van der Waals surface area contributed by atoms with Crippen LogP contribution in [0.1, 0.15) is 31.2 Å². The third-order valence-corrected chi connectivity index (χ3v) is 3.09. The van der Waals surface area contributed by atoms with Crippen molar-refractivity contribution < 1.29 is 0 Å². The van der Waals surface area contributed by atoms with E-state index in [1.165, 1.54) is 18.5 Å². The zero-order valence-corrected chi connectivity index (χ0v) is 10.2. The van der Waals surface area contributed by atoms with E-state index in [0.717, 1.165) is 23.9 Å². The van der Waals surface area contributed by atoms with Crippen LogP contribution in [0.2, 0.25) is 0 Å². The molecule has 80 valence electrons. The fourth-order valence-corrected chi connectivity index (χ4v) is 1.93. The summed E-state index contributed by atoms with van der Waals surface area (Å²) in [5.41, 5.74) is 2.44. The zero-order valence-electron chi connectivity index (χ0n) is 9.32. The Hall–Kier alpha value is -0.440. The summed E-state index contributed by atoms with van der Waals surface area (Å²) in [5.74, 6) is 1.75. The molecule has 0 aliphatic heterocycles. The Bertz CT molecular complexity index is 281. The Morgan fingerprint density at radius 3 is 2.64 bits per heavy atom. The van der Waals surface area contributed by atoms with E-state index in [9.17, 15) is 0 Å². The van der Waals surface area contributed by atoms with E-state index in [4.69, 9.17) is 0 Å². The van der Waals surface area contributed by atoms with E-state index in [1.54, 1.807) is 0 Å². The van der Waals surface area contributed by atoms with Gasteiger partial charge in [-0.15, -0.1) is 0 Å². The van der Waals surface area contributed by atoms with Crippen LogP contribution in [0.4, 0.5) is 0 Å². The lowest BCUT2D eigenvalue weighted by molar-refractivity contribution is 0.468. The molecule has 1 atom stereocenters. The highest BCUT2D eigenvalue weighted by molar-refractivity contribution is 7.80. The van der Waals surface area contributed by atoms with Crippen LogP contribution < -0.4 is 0 Å². The Morgan fingerprint density at radius 2 is 2.14 bits per heavy atom. The van der Waals surface area contributed by atoms with Gasteiger partial charge in [-0.3, -0.25) is 0 Å². The van der Waals surface area contributed by atoms with Gasteiger partial charge in [-0.05, 0) is 38.4 Å². The molecule has 0 saturated heterocycles. The second kappa shape index (κ2) is 5.44. The summed E-state index contributed by atoms with van der Waals surface area (Å²) >= 11 is 4.25. The van der Waals surface area contributed by atoms with Gasteiger partial charge >= 0.3 is 0 Å². The summed E-state index contributed by atoms with van der Waals surface area (Å²) in [5, 5.41) is 0. The van der Waals surface area contributed by atoms with Gasteiger partial charge in [-0.25, -0.2) is 4.98 Å². The predicted molar refractivity (Wildman–Crippen MR) is 64.0 cm³/mol. The topological polar surface area (TPSA) is 17.8 Å². The van der Waals surface area contributed by atoms with Gasteiger partial charge in [-0.2, -0.15) is 12.6 Å². The molecule has 2 nitrogen and oxygen atoms in total. The van der Waals surface area contributed by atoms with Crippen LogP contribution in [0.3, 0.4) is 0 Å². The fourth-order valence-electron chi connectivity index (χ4n) is 1.49. The minimum absolute atomic E-state index is 0.759. The molecule has 0 fully saturated rings. The highest BCUT2D eigenvalue weighted by atomic mass is 32.1. The van der Waals surface area contributed by atoms with Crippen molar-refractivity contribution in [2.75, 3.05) is 5.75 Å². The molecule has 1 rings (SSSR count). The first-order valence-corrected chi connectivity index (χ1v) is 5.87. The van der Waals surface area contributed by atoms with E-state index in [2.05, 4.69) is 43.0 Å². The van der Waals surface area contributed by atoms with E-state index in [1.807, 2.05) is 6.33 Å². The molecular weight excluding hydrogens is 192 g/mol. The normalized spacial score (nSPS) is 13.1. The molecule has 0 N–H and O–H groups in total. The van der Waals surface area contributed by atoms with Crippen LogP contribution in [0.15, 0.2) is 6.33 Å². The number of imidazole rings is 1. The summed E-state index contributed by atoms with van der Waals surface area (Å²) in [6.45, 7) is 7.56. The molecule has 0 amide bonds. The monoisotopic (exact) mass is 212 g/mol. The minimum atomic E-state index is 0.759. The molecule has 14 heavy (non-hydrogen) atoms. The lowest BCUT2D eigenvalue weighted by atomic mass is 10.1. The maximum atomic E-state index is 4.29. The number of aromatic nitrogens is 2. The molecule has 1 unspecified atom stereocenters. The van der Waals surface area contributed by atoms with Gasteiger partial charge in [0.05, 0.1) is 12.0 Å². The van der Waals surface area contributed by atoms with Crippen molar-refractivity contribution in [1.82, 2.24) is 9.55 Å². The van der Waals surface area contributed by atoms with Crippen molar-refractivity contribution in [2.45, 2.75) is 40.2 Å². The second-order valence-electron chi connectivity index (χ2n) is 4.01. The molecule has 0 radical (unpaired) electrons. The first-order chi connectivity index (χ1) is 6.65. The van der Waals surface area contributed by atoms with Crippen molar-refractivity contribution >= 4 is 12.6 Å². The van der Waals surface area contributed by atoms with Crippen LogP contribution in [0.5, 0.6) is 0 Å². The van der Waals surface area contributed by atoms with E-state index < -0.39 is 0 Å². The van der Waals surface area contributed by atoms with Crippen molar-refractivity contribution in [2.24, 2.45) is 5.92 Å². The predicted octanol–water partition coefficient (Wildman–Crippen LogP) is 2.85. The van der Waals surface area contributed by atoms with Crippen LogP contribution in [-0.2, 0) is 6.54 Å². The average molecular weight is 212 g/mol. The SMILES string of the molecule is Cc1ncn(CCC(C)CCS)c1C. The van der Waals surface area contributed by atoms with E-state index >= 15 is 0 Å². The molecule has 0 spiro atoms. The number of rotatable bonds is 5. The van der Waals surface area contributed by atoms with Gasteiger partial charge in [0.25, 0.3) is 0 Å². The first kappa shape index (κ1) is 11.6. The van der Waals surface area contributed by atoms with Gasteiger partial charge < -0.3 is 4.57 Å². The van der Waals surface area contributed by atoms with Crippen LogP contribution >= 0.6 is 12.6 Å². The van der Waals surface area contributed by atoms with Crippen molar-refractivity contribution in [1.29, 1.82) is 0 Å².